The van der Waals surface area contributed by atoms with Crippen LogP contribution in [-0.2, 0) is 47.4 Å². The summed E-state index contributed by atoms with van der Waals surface area (Å²) >= 11 is 0. The van der Waals surface area contributed by atoms with Gasteiger partial charge in [-0.05, 0) is 166 Å². The normalized spacial score (nSPS) is 15.2. The smallest absolute Gasteiger partial charge is 0.201 e. The zero-order chi connectivity index (χ0) is 66.4. The van der Waals surface area contributed by atoms with E-state index >= 15 is 0 Å². The molecule has 78 heavy (non-hydrogen) atoms. The molecule has 0 aliphatic rings. The molecule has 0 amide bonds. The maximum absolute atomic E-state index is 8.66. The predicted octanol–water partition coefficient (Wildman–Crippen LogP) is 17.1. The van der Waals surface area contributed by atoms with E-state index in [1.807, 2.05) is 81.9 Å². The van der Waals surface area contributed by atoms with Gasteiger partial charge >= 0.3 is 0 Å². The quantitative estimate of drug-likeness (QED) is 0.115. The molecule has 0 N–H and O–H groups in total. The summed E-state index contributed by atoms with van der Waals surface area (Å²) in [7, 11) is 7.96. The standard InChI is InChI=1S/2C19H26N.2C18H24N/c1-14-9-7-8-10-17(14)18-11-15(2)16(13-20(18)6)12-19(3,4)5;1-13(2)16-11-18(14(3)4)19(20(6)12-16)17-10-8-7-9-15(17)5;2*1-13(2)10-16-12-19(5)18(11-15(16)4)17-9-7-6-8-14(17)3/h7-11,13H,12H2,1-6H3;7-14H,1-6H3;2*6-9,11-13H,10H2,1-5H3/q4*+1/i;1D3,3D3,13D,14D;10D2;. The first-order valence-electron chi connectivity index (χ1n) is 32.8. The average molecular weight is 1060 g/mol. The highest BCUT2D eigenvalue weighted by Crippen LogP contribution is 2.32. The lowest BCUT2D eigenvalue weighted by Crippen LogP contribution is -2.33. The van der Waals surface area contributed by atoms with Crippen molar-refractivity contribution in [1.82, 2.24) is 0 Å². The first-order valence-corrected chi connectivity index (χ1v) is 27.8. The summed E-state index contributed by atoms with van der Waals surface area (Å²) < 4.78 is 88.7. The monoisotopic (exact) mass is 1050 g/mol. The molecule has 2 atom stereocenters. The zero-order valence-corrected chi connectivity index (χ0v) is 51.2. The second-order valence-electron chi connectivity index (χ2n) is 23.6. The van der Waals surface area contributed by atoms with Gasteiger partial charge in [-0.3, -0.25) is 0 Å². The summed E-state index contributed by atoms with van der Waals surface area (Å²) in [6.07, 6.45) is 9.01. The molecule has 0 bridgehead atoms. The largest absolute Gasteiger partial charge is 0.216 e. The summed E-state index contributed by atoms with van der Waals surface area (Å²) in [6, 6.07) is 41.0. The molecule has 0 saturated carbocycles. The van der Waals surface area contributed by atoms with Gasteiger partial charge in [0.25, 0.3) is 0 Å². The molecule has 8 aromatic rings. The third kappa shape index (κ3) is 17.0. The van der Waals surface area contributed by atoms with Crippen molar-refractivity contribution in [3.8, 4) is 45.0 Å². The predicted molar refractivity (Wildman–Crippen MR) is 334 cm³/mol. The molecule has 8 rings (SSSR count). The second-order valence-corrected chi connectivity index (χ2v) is 23.6. The van der Waals surface area contributed by atoms with Gasteiger partial charge in [0.05, 0.1) is 0 Å². The number of hydrogen-bond acceptors (Lipinski definition) is 0. The van der Waals surface area contributed by atoms with E-state index in [1.54, 1.807) is 17.8 Å². The summed E-state index contributed by atoms with van der Waals surface area (Å²) in [5, 5.41) is 0. The van der Waals surface area contributed by atoms with Crippen LogP contribution in [-0.4, -0.2) is 0 Å². The Morgan fingerprint density at radius 1 is 0.436 bits per heavy atom. The van der Waals surface area contributed by atoms with Crippen molar-refractivity contribution in [2.45, 2.75) is 155 Å². The van der Waals surface area contributed by atoms with Crippen LogP contribution in [0.2, 0.25) is 0 Å². The number of rotatable bonds is 11. The molecule has 0 spiro atoms. The van der Waals surface area contributed by atoms with Crippen molar-refractivity contribution in [3.63, 3.8) is 0 Å². The molecular weight excluding hydrogens is 945 g/mol. The number of nitrogens with zero attached hydrogens (tertiary/aromatic N) is 4. The Morgan fingerprint density at radius 2 is 0.808 bits per heavy atom. The van der Waals surface area contributed by atoms with Gasteiger partial charge in [-0.2, -0.15) is 0 Å². The van der Waals surface area contributed by atoms with Crippen LogP contribution in [0.15, 0.2) is 146 Å². The fraction of sp³-hybridized carbons (Fsp3) is 0.405. The Kier molecular flexibility index (Phi) is 17.4. The Bertz CT molecular complexity index is 3710. The number of aryl methyl sites for hydroxylation is 11. The van der Waals surface area contributed by atoms with Gasteiger partial charge in [0.2, 0.25) is 22.8 Å². The van der Waals surface area contributed by atoms with Gasteiger partial charge in [-0.15, -0.1) is 0 Å². The molecule has 4 nitrogen and oxygen atoms in total. The van der Waals surface area contributed by atoms with Gasteiger partial charge in [-0.25, -0.2) is 18.3 Å². The van der Waals surface area contributed by atoms with Crippen LogP contribution in [0.1, 0.15) is 168 Å². The number of hydrogen-bond donors (Lipinski definition) is 0. The molecule has 0 aliphatic heterocycles. The fourth-order valence-electron chi connectivity index (χ4n) is 10.0. The topological polar surface area (TPSA) is 15.5 Å². The van der Waals surface area contributed by atoms with Crippen LogP contribution in [0.25, 0.3) is 45.0 Å². The molecule has 4 heteroatoms. The minimum atomic E-state index is -2.64. The molecule has 0 aliphatic carbocycles. The fourth-order valence-corrected chi connectivity index (χ4v) is 10.0. The first-order chi connectivity index (χ1) is 40.5. The third-order valence-electron chi connectivity index (χ3n) is 14.2. The lowest BCUT2D eigenvalue weighted by molar-refractivity contribution is -0.661. The lowest BCUT2D eigenvalue weighted by Gasteiger charge is -2.19. The van der Waals surface area contributed by atoms with Crippen molar-refractivity contribution in [2.24, 2.45) is 45.4 Å². The molecule has 4 aromatic carbocycles. The van der Waals surface area contributed by atoms with E-state index in [-0.39, 0.29) is 17.0 Å². The van der Waals surface area contributed by atoms with E-state index in [9.17, 15) is 0 Å². The molecule has 4 heterocycles. The highest BCUT2D eigenvalue weighted by atomic mass is 14.9. The Balaban J connectivity index is 0.000000216. The summed E-state index contributed by atoms with van der Waals surface area (Å²) in [4.78, 5) is 0. The lowest BCUT2D eigenvalue weighted by atomic mass is 9.87. The van der Waals surface area contributed by atoms with E-state index in [1.165, 1.54) is 86.9 Å². The van der Waals surface area contributed by atoms with Gasteiger partial charge in [-0.1, -0.05) is 149 Å². The highest BCUT2D eigenvalue weighted by Gasteiger charge is 2.24. The van der Waals surface area contributed by atoms with Gasteiger partial charge in [0.15, 0.2) is 24.8 Å². The highest BCUT2D eigenvalue weighted by molar-refractivity contribution is 5.66. The SMILES string of the molecule is Cc1cc(-c2ccccc2C)[n+](C)cc1CC(C)(C)C.Cc1cc(-c2ccccc2C)[n+](C)cc1CC(C)C.[2H]C([2H])([2H])C([2H])(C)c1cc(C([2H])(C)C([2H])([2H])[2H])c(-c2ccccc2C)[n+](C)c1.[2H]C([2H])(c1c[n+](C)c(-c2ccccc2C)cc1C)C(C)C. The Labute approximate surface area is 489 Å². The van der Waals surface area contributed by atoms with Crippen molar-refractivity contribution in [2.75, 3.05) is 0 Å². The van der Waals surface area contributed by atoms with E-state index in [4.69, 9.17) is 13.7 Å². The minimum absolute atomic E-state index is 0.0551. The van der Waals surface area contributed by atoms with E-state index in [0.717, 1.165) is 40.8 Å². The van der Waals surface area contributed by atoms with E-state index in [0.29, 0.717) is 17.0 Å². The molecule has 2 unspecified atom stereocenters. The maximum atomic E-state index is 8.66. The van der Waals surface area contributed by atoms with Crippen LogP contribution < -0.4 is 18.3 Å². The summed E-state index contributed by atoms with van der Waals surface area (Å²) in [5.74, 6) is -3.30. The van der Waals surface area contributed by atoms with Gasteiger partial charge in [0, 0.05) is 82.0 Å². The van der Waals surface area contributed by atoms with Crippen molar-refractivity contribution in [1.29, 1.82) is 0 Å². The van der Waals surface area contributed by atoms with Crippen LogP contribution in [0.3, 0.4) is 0 Å². The van der Waals surface area contributed by atoms with Gasteiger partial charge < -0.3 is 0 Å². The molecular formula is C74H100N4+4. The van der Waals surface area contributed by atoms with E-state index < -0.39 is 31.9 Å². The third-order valence-corrected chi connectivity index (χ3v) is 14.2. The maximum Gasteiger partial charge on any atom is 0.216 e. The second kappa shape index (κ2) is 27.9. The van der Waals surface area contributed by atoms with Gasteiger partial charge in [0.1, 0.15) is 28.2 Å². The summed E-state index contributed by atoms with van der Waals surface area (Å²) in [5.41, 5.74) is 21.7. The molecule has 0 radical (unpaired) electrons. The zero-order valence-electron chi connectivity index (χ0n) is 61.2. The van der Waals surface area contributed by atoms with Crippen LogP contribution in [0, 0.1) is 65.7 Å². The first kappa shape index (κ1) is 48.6. The van der Waals surface area contributed by atoms with Crippen LogP contribution in [0.4, 0.5) is 0 Å². The number of aromatic nitrogens is 4. The van der Waals surface area contributed by atoms with Crippen LogP contribution in [0.5, 0.6) is 0 Å². The Morgan fingerprint density at radius 3 is 1.19 bits per heavy atom. The minimum Gasteiger partial charge on any atom is -0.201 e. The number of pyridine rings is 4. The molecule has 0 saturated heterocycles. The van der Waals surface area contributed by atoms with Crippen molar-refractivity contribution < 1.29 is 32.0 Å². The average Bonchev–Trinajstić information content (AvgIpc) is 1.14. The molecule has 0 fully saturated rings. The summed E-state index contributed by atoms with van der Waals surface area (Å²) in [6.45, 7) is 27.4. The Hall–Kier alpha value is -6.52. The molecule has 4 aromatic heterocycles. The van der Waals surface area contributed by atoms with Crippen LogP contribution >= 0.6 is 0 Å². The number of benzene rings is 4. The van der Waals surface area contributed by atoms with Crippen molar-refractivity contribution >= 4 is 0 Å². The molecule has 412 valence electrons. The van der Waals surface area contributed by atoms with Crippen molar-refractivity contribution in [3.05, 3.63) is 213 Å². The van der Waals surface area contributed by atoms with E-state index in [2.05, 4.69) is 184 Å².